The van der Waals surface area contributed by atoms with Gasteiger partial charge in [0.25, 0.3) is 0 Å². The maximum atomic E-state index is 10.2. The molecule has 0 spiro atoms. The summed E-state index contributed by atoms with van der Waals surface area (Å²) in [4.78, 5) is 18.7. The van der Waals surface area contributed by atoms with Crippen LogP contribution in [-0.2, 0) is 9.09 Å². The lowest BCUT2D eigenvalue weighted by atomic mass is 10.5. The zero-order valence-electron chi connectivity index (χ0n) is 7.43. The van der Waals surface area contributed by atoms with Crippen LogP contribution in [0.2, 0.25) is 0 Å². The van der Waals surface area contributed by atoms with Crippen LogP contribution < -0.4 is 0 Å². The van der Waals surface area contributed by atoms with Gasteiger partial charge in [-0.15, -0.1) is 0 Å². The lowest BCUT2D eigenvalue weighted by Gasteiger charge is -2.17. The van der Waals surface area contributed by atoms with Crippen molar-refractivity contribution < 1.29 is 18.9 Å². The minimum absolute atomic E-state index is 0.0754. The summed E-state index contributed by atoms with van der Waals surface area (Å²) in [5.41, 5.74) is 0. The molecule has 74 valence electrons. The van der Waals surface area contributed by atoms with Gasteiger partial charge in [-0.25, -0.2) is 4.57 Å². The van der Waals surface area contributed by atoms with Gasteiger partial charge in [-0.05, 0) is 13.1 Å². The van der Waals surface area contributed by atoms with E-state index in [2.05, 4.69) is 4.52 Å². The summed E-state index contributed by atoms with van der Waals surface area (Å²) in [5.74, 6) is 0. The van der Waals surface area contributed by atoms with E-state index in [1.807, 2.05) is 18.7 Å². The number of phosphoric acid groups is 1. The third kappa shape index (κ3) is 6.76. The number of nitrogens with zero attached hydrogens (tertiary/aromatic N) is 1. The van der Waals surface area contributed by atoms with Crippen molar-refractivity contribution in [3.63, 3.8) is 0 Å². The van der Waals surface area contributed by atoms with Gasteiger partial charge >= 0.3 is 7.82 Å². The van der Waals surface area contributed by atoms with Crippen molar-refractivity contribution in [2.75, 3.05) is 26.2 Å². The Labute approximate surface area is 72.6 Å². The van der Waals surface area contributed by atoms with E-state index in [4.69, 9.17) is 9.79 Å². The minimum atomic E-state index is -4.27. The van der Waals surface area contributed by atoms with Crippen LogP contribution >= 0.6 is 7.82 Å². The fourth-order valence-corrected chi connectivity index (χ4v) is 1.15. The van der Waals surface area contributed by atoms with E-state index >= 15 is 0 Å². The molecule has 0 aromatic rings. The first-order chi connectivity index (χ1) is 5.49. The van der Waals surface area contributed by atoms with Crippen molar-refractivity contribution in [1.82, 2.24) is 4.90 Å². The molecule has 0 saturated heterocycles. The van der Waals surface area contributed by atoms with E-state index in [1.54, 1.807) is 0 Å². The van der Waals surface area contributed by atoms with Crippen LogP contribution in [0.15, 0.2) is 0 Å². The molecule has 0 rings (SSSR count). The molecule has 0 saturated carbocycles. The van der Waals surface area contributed by atoms with Gasteiger partial charge < -0.3 is 14.7 Å². The van der Waals surface area contributed by atoms with Crippen molar-refractivity contribution >= 4 is 7.82 Å². The molecule has 2 N–H and O–H groups in total. The van der Waals surface area contributed by atoms with Crippen LogP contribution in [0.1, 0.15) is 13.8 Å². The van der Waals surface area contributed by atoms with Gasteiger partial charge in [0, 0.05) is 6.54 Å². The van der Waals surface area contributed by atoms with Crippen molar-refractivity contribution in [3.8, 4) is 0 Å². The van der Waals surface area contributed by atoms with E-state index in [-0.39, 0.29) is 6.61 Å². The summed E-state index contributed by atoms with van der Waals surface area (Å²) in [7, 11) is -4.27. The monoisotopic (exact) mass is 197 g/mol. The molecular weight excluding hydrogens is 181 g/mol. The maximum Gasteiger partial charge on any atom is 0.469 e. The van der Waals surface area contributed by atoms with Crippen molar-refractivity contribution in [2.24, 2.45) is 0 Å². The molecule has 0 radical (unpaired) electrons. The number of hydrogen-bond donors (Lipinski definition) is 2. The molecule has 0 heterocycles. The molecule has 6 heteroatoms. The molecule has 5 nitrogen and oxygen atoms in total. The molecule has 0 bridgehead atoms. The minimum Gasteiger partial charge on any atom is -0.303 e. The highest BCUT2D eigenvalue weighted by Crippen LogP contribution is 2.35. The SMILES string of the molecule is CCN(CC)CCOP(=O)(O)O. The molecule has 0 aromatic carbocycles. The number of likely N-dealkylation sites (N-methyl/N-ethyl adjacent to an activating group) is 1. The topological polar surface area (TPSA) is 70.0 Å². The van der Waals surface area contributed by atoms with Crippen LogP contribution in [0.25, 0.3) is 0 Å². The largest absolute Gasteiger partial charge is 0.469 e. The standard InChI is InChI=1S/C6H16NO4P/c1-3-7(4-2)5-6-11-12(8,9)10/h3-6H2,1-2H3,(H2,8,9,10). The van der Waals surface area contributed by atoms with Gasteiger partial charge in [-0.3, -0.25) is 4.52 Å². The van der Waals surface area contributed by atoms with Crippen LogP contribution in [0, 0.1) is 0 Å². The summed E-state index contributed by atoms with van der Waals surface area (Å²) in [5, 5.41) is 0. The van der Waals surface area contributed by atoms with Gasteiger partial charge in [0.05, 0.1) is 6.61 Å². The number of rotatable bonds is 6. The maximum absolute atomic E-state index is 10.2. The molecule has 0 aliphatic rings. The molecule has 12 heavy (non-hydrogen) atoms. The van der Waals surface area contributed by atoms with Gasteiger partial charge in [0.2, 0.25) is 0 Å². The second-order valence-corrected chi connectivity index (χ2v) is 3.59. The fourth-order valence-electron chi connectivity index (χ4n) is 0.829. The Morgan fingerprint density at radius 3 is 2.17 bits per heavy atom. The summed E-state index contributed by atoms with van der Waals surface area (Å²) < 4.78 is 14.5. The smallest absolute Gasteiger partial charge is 0.303 e. The average molecular weight is 197 g/mol. The molecule has 0 unspecified atom stereocenters. The van der Waals surface area contributed by atoms with Crippen LogP contribution in [0.4, 0.5) is 0 Å². The average Bonchev–Trinajstić information content (AvgIpc) is 1.96. The van der Waals surface area contributed by atoms with Crippen molar-refractivity contribution in [3.05, 3.63) is 0 Å². The van der Waals surface area contributed by atoms with Gasteiger partial charge in [0.1, 0.15) is 0 Å². The Kier molecular flexibility index (Phi) is 5.70. The van der Waals surface area contributed by atoms with Gasteiger partial charge in [-0.2, -0.15) is 0 Å². The second-order valence-electron chi connectivity index (χ2n) is 2.35. The summed E-state index contributed by atoms with van der Waals surface area (Å²) >= 11 is 0. The summed E-state index contributed by atoms with van der Waals surface area (Å²) in [6, 6.07) is 0. The normalized spacial score (nSPS) is 12.4. The zero-order valence-corrected chi connectivity index (χ0v) is 8.33. The number of hydrogen-bond acceptors (Lipinski definition) is 3. The van der Waals surface area contributed by atoms with E-state index in [0.717, 1.165) is 13.1 Å². The van der Waals surface area contributed by atoms with E-state index < -0.39 is 7.82 Å². The van der Waals surface area contributed by atoms with E-state index in [1.165, 1.54) is 0 Å². The lowest BCUT2D eigenvalue weighted by Crippen LogP contribution is -2.26. The van der Waals surface area contributed by atoms with Crippen LogP contribution in [0.3, 0.4) is 0 Å². The lowest BCUT2D eigenvalue weighted by molar-refractivity contribution is 0.166. The Morgan fingerprint density at radius 2 is 1.83 bits per heavy atom. The Morgan fingerprint density at radius 1 is 1.33 bits per heavy atom. The summed E-state index contributed by atoms with van der Waals surface area (Å²) in [6.45, 7) is 6.33. The predicted molar refractivity (Wildman–Crippen MR) is 45.8 cm³/mol. The second kappa shape index (κ2) is 5.67. The predicted octanol–water partition coefficient (Wildman–Crippen LogP) is 0.437. The Hall–Kier alpha value is 0.0700. The summed E-state index contributed by atoms with van der Waals surface area (Å²) in [6.07, 6.45) is 0. The molecule has 0 amide bonds. The molecule has 0 aliphatic carbocycles. The zero-order chi connectivity index (χ0) is 9.61. The van der Waals surface area contributed by atoms with Crippen LogP contribution in [-0.4, -0.2) is 40.9 Å². The highest BCUT2D eigenvalue weighted by atomic mass is 31.2. The first-order valence-electron chi connectivity index (χ1n) is 3.92. The highest BCUT2D eigenvalue weighted by Gasteiger charge is 2.13. The molecule has 0 atom stereocenters. The van der Waals surface area contributed by atoms with Crippen molar-refractivity contribution in [1.29, 1.82) is 0 Å². The molecular formula is C6H16NO4P. The molecule has 0 aromatic heterocycles. The molecule has 0 aliphatic heterocycles. The fraction of sp³-hybridized carbons (Fsp3) is 1.00. The van der Waals surface area contributed by atoms with Gasteiger partial charge in [0.15, 0.2) is 0 Å². The van der Waals surface area contributed by atoms with E-state index in [9.17, 15) is 4.57 Å². The Bertz CT molecular complexity index is 154. The Balaban J connectivity index is 3.48. The van der Waals surface area contributed by atoms with Gasteiger partial charge in [-0.1, -0.05) is 13.8 Å². The number of phosphoric ester groups is 1. The third-order valence-corrected chi connectivity index (χ3v) is 2.08. The van der Waals surface area contributed by atoms with Crippen molar-refractivity contribution in [2.45, 2.75) is 13.8 Å². The quantitative estimate of drug-likeness (QED) is 0.604. The molecule has 0 fully saturated rings. The first kappa shape index (κ1) is 12.1. The highest BCUT2D eigenvalue weighted by molar-refractivity contribution is 7.46. The van der Waals surface area contributed by atoms with Crippen LogP contribution in [0.5, 0.6) is 0 Å². The first-order valence-corrected chi connectivity index (χ1v) is 5.45. The third-order valence-electron chi connectivity index (χ3n) is 1.56. The van der Waals surface area contributed by atoms with E-state index in [0.29, 0.717) is 6.54 Å².